The molecule has 0 bridgehead atoms. The fourth-order valence-electron chi connectivity index (χ4n) is 2.54. The second-order valence-corrected chi connectivity index (χ2v) is 5.14. The molecule has 1 saturated carbocycles. The van der Waals surface area contributed by atoms with Gasteiger partial charge in [0.05, 0.1) is 13.2 Å². The van der Waals surface area contributed by atoms with Gasteiger partial charge in [0.25, 0.3) is 0 Å². The summed E-state index contributed by atoms with van der Waals surface area (Å²) in [5.74, 6) is 0.611. The minimum atomic E-state index is 0.397. The summed E-state index contributed by atoms with van der Waals surface area (Å²) in [5, 5.41) is 0. The summed E-state index contributed by atoms with van der Waals surface area (Å²) in [6, 6.07) is 9.31. The molecule has 1 aromatic rings. The van der Waals surface area contributed by atoms with Crippen LogP contribution in [0.15, 0.2) is 24.3 Å². The topological polar surface area (TPSA) is 38.5 Å². The molecule has 3 rings (SSSR count). The van der Waals surface area contributed by atoms with Gasteiger partial charge < -0.3 is 10.5 Å². The van der Waals surface area contributed by atoms with Gasteiger partial charge in [-0.3, -0.25) is 4.90 Å². The largest absolute Gasteiger partial charge is 0.379 e. The van der Waals surface area contributed by atoms with E-state index in [2.05, 4.69) is 29.2 Å². The minimum Gasteiger partial charge on any atom is -0.379 e. The molecule has 1 aliphatic carbocycles. The van der Waals surface area contributed by atoms with E-state index in [-0.39, 0.29) is 0 Å². The van der Waals surface area contributed by atoms with E-state index >= 15 is 0 Å². The lowest BCUT2D eigenvalue weighted by atomic mass is 10.1. The zero-order valence-electron chi connectivity index (χ0n) is 10.1. The highest BCUT2D eigenvalue weighted by Crippen LogP contribution is 2.39. The molecule has 2 atom stereocenters. The Balaban J connectivity index is 1.65. The quantitative estimate of drug-likeness (QED) is 0.854. The molecule has 1 saturated heterocycles. The lowest BCUT2D eigenvalue weighted by Gasteiger charge is -2.26. The van der Waals surface area contributed by atoms with E-state index < -0.39 is 0 Å². The van der Waals surface area contributed by atoms with Crippen LogP contribution in [0.2, 0.25) is 0 Å². The molecular formula is C14H20N2O. The van der Waals surface area contributed by atoms with Crippen LogP contribution in [0, 0.1) is 0 Å². The molecule has 1 aliphatic heterocycles. The van der Waals surface area contributed by atoms with Crippen molar-refractivity contribution in [1.82, 2.24) is 4.90 Å². The predicted octanol–water partition coefficient (Wildman–Crippen LogP) is 1.33. The molecule has 92 valence electrons. The maximum Gasteiger partial charge on any atom is 0.0594 e. The summed E-state index contributed by atoms with van der Waals surface area (Å²) >= 11 is 0. The number of hydrogen-bond donors (Lipinski definition) is 1. The summed E-state index contributed by atoms with van der Waals surface area (Å²) in [6.07, 6.45) is 1.15. The molecule has 3 heteroatoms. The SMILES string of the molecule is N[C@@H]1C[C@H]1c1cccc(CN2CCOCC2)c1. The Morgan fingerprint density at radius 2 is 2.06 bits per heavy atom. The van der Waals surface area contributed by atoms with Gasteiger partial charge in [-0.1, -0.05) is 24.3 Å². The van der Waals surface area contributed by atoms with Crippen molar-refractivity contribution >= 4 is 0 Å². The van der Waals surface area contributed by atoms with Crippen LogP contribution in [0.1, 0.15) is 23.5 Å². The fourth-order valence-corrected chi connectivity index (χ4v) is 2.54. The van der Waals surface area contributed by atoms with Gasteiger partial charge in [-0.25, -0.2) is 0 Å². The third-order valence-electron chi connectivity index (χ3n) is 3.73. The molecule has 0 spiro atoms. The van der Waals surface area contributed by atoms with Crippen molar-refractivity contribution < 1.29 is 4.74 Å². The highest BCUT2D eigenvalue weighted by atomic mass is 16.5. The van der Waals surface area contributed by atoms with Gasteiger partial charge in [-0.15, -0.1) is 0 Å². The first kappa shape index (κ1) is 11.2. The zero-order valence-corrected chi connectivity index (χ0v) is 10.1. The van der Waals surface area contributed by atoms with Crippen LogP contribution in [0.3, 0.4) is 0 Å². The second-order valence-electron chi connectivity index (χ2n) is 5.14. The zero-order chi connectivity index (χ0) is 11.7. The molecule has 0 amide bonds. The van der Waals surface area contributed by atoms with Crippen molar-refractivity contribution in [2.75, 3.05) is 26.3 Å². The van der Waals surface area contributed by atoms with Crippen LogP contribution in [0.25, 0.3) is 0 Å². The van der Waals surface area contributed by atoms with Crippen molar-refractivity contribution in [1.29, 1.82) is 0 Å². The number of nitrogens with zero attached hydrogens (tertiary/aromatic N) is 1. The molecule has 2 fully saturated rings. The monoisotopic (exact) mass is 232 g/mol. The van der Waals surface area contributed by atoms with Gasteiger partial charge in [0.2, 0.25) is 0 Å². The number of hydrogen-bond acceptors (Lipinski definition) is 3. The van der Waals surface area contributed by atoms with Gasteiger partial charge in [-0.05, 0) is 17.5 Å². The summed E-state index contributed by atoms with van der Waals surface area (Å²) in [4.78, 5) is 2.45. The molecule has 0 aromatic heterocycles. The van der Waals surface area contributed by atoms with E-state index in [9.17, 15) is 0 Å². The number of benzene rings is 1. The Bertz CT molecular complexity index is 388. The predicted molar refractivity (Wildman–Crippen MR) is 67.9 cm³/mol. The van der Waals surface area contributed by atoms with Crippen LogP contribution in [0.4, 0.5) is 0 Å². The van der Waals surface area contributed by atoms with E-state index in [1.165, 1.54) is 11.1 Å². The molecular weight excluding hydrogens is 212 g/mol. The smallest absolute Gasteiger partial charge is 0.0594 e. The van der Waals surface area contributed by atoms with Gasteiger partial charge in [0.15, 0.2) is 0 Å². The summed E-state index contributed by atoms with van der Waals surface area (Å²) in [6.45, 7) is 4.87. The maximum absolute atomic E-state index is 5.91. The van der Waals surface area contributed by atoms with Crippen molar-refractivity contribution in [3.05, 3.63) is 35.4 Å². The maximum atomic E-state index is 5.91. The minimum absolute atomic E-state index is 0.397. The van der Waals surface area contributed by atoms with Gasteiger partial charge in [-0.2, -0.15) is 0 Å². The number of ether oxygens (including phenoxy) is 1. The number of rotatable bonds is 3. The Morgan fingerprint density at radius 1 is 1.29 bits per heavy atom. The van der Waals surface area contributed by atoms with Crippen LogP contribution >= 0.6 is 0 Å². The molecule has 2 N–H and O–H groups in total. The first-order valence-corrected chi connectivity index (χ1v) is 6.47. The van der Waals surface area contributed by atoms with E-state index in [4.69, 9.17) is 10.5 Å². The summed E-state index contributed by atoms with van der Waals surface area (Å²) < 4.78 is 5.37. The molecule has 1 heterocycles. The average molecular weight is 232 g/mol. The lowest BCUT2D eigenvalue weighted by molar-refractivity contribution is 0.0342. The van der Waals surface area contributed by atoms with Gasteiger partial charge in [0, 0.05) is 31.6 Å². The number of morpholine rings is 1. The molecule has 0 radical (unpaired) electrons. The van der Waals surface area contributed by atoms with Crippen LogP contribution < -0.4 is 5.73 Å². The van der Waals surface area contributed by atoms with Crippen molar-refractivity contribution in [2.24, 2.45) is 5.73 Å². The van der Waals surface area contributed by atoms with Gasteiger partial charge in [0.1, 0.15) is 0 Å². The molecule has 2 aliphatic rings. The molecule has 17 heavy (non-hydrogen) atoms. The Morgan fingerprint density at radius 3 is 2.76 bits per heavy atom. The highest BCUT2D eigenvalue weighted by Gasteiger charge is 2.34. The van der Waals surface area contributed by atoms with Crippen molar-refractivity contribution in [3.63, 3.8) is 0 Å². The Hall–Kier alpha value is -0.900. The standard InChI is InChI=1S/C14H20N2O/c15-14-9-13(14)12-3-1-2-11(8-12)10-16-4-6-17-7-5-16/h1-3,8,13-14H,4-7,9-10,15H2/t13-,14+/m0/s1. The van der Waals surface area contributed by atoms with Crippen LogP contribution in [0.5, 0.6) is 0 Å². The van der Waals surface area contributed by atoms with Crippen molar-refractivity contribution in [3.8, 4) is 0 Å². The van der Waals surface area contributed by atoms with E-state index in [0.717, 1.165) is 39.3 Å². The Labute approximate surface area is 103 Å². The third-order valence-corrected chi connectivity index (χ3v) is 3.73. The van der Waals surface area contributed by atoms with E-state index in [0.29, 0.717) is 12.0 Å². The second kappa shape index (κ2) is 4.77. The first-order valence-electron chi connectivity index (χ1n) is 6.47. The summed E-state index contributed by atoms with van der Waals surface area (Å²) in [7, 11) is 0. The average Bonchev–Trinajstić information content (AvgIpc) is 3.08. The van der Waals surface area contributed by atoms with E-state index in [1.54, 1.807) is 0 Å². The lowest BCUT2D eigenvalue weighted by Crippen LogP contribution is -2.35. The van der Waals surface area contributed by atoms with E-state index in [1.807, 2.05) is 0 Å². The van der Waals surface area contributed by atoms with Crippen LogP contribution in [-0.2, 0) is 11.3 Å². The van der Waals surface area contributed by atoms with Crippen LogP contribution in [-0.4, -0.2) is 37.2 Å². The molecule has 1 aromatic carbocycles. The highest BCUT2D eigenvalue weighted by molar-refractivity contribution is 5.31. The van der Waals surface area contributed by atoms with Crippen molar-refractivity contribution in [2.45, 2.75) is 24.9 Å². The molecule has 3 nitrogen and oxygen atoms in total. The Kier molecular flexibility index (Phi) is 3.14. The fraction of sp³-hybridized carbons (Fsp3) is 0.571. The third kappa shape index (κ3) is 2.68. The molecule has 0 unspecified atom stereocenters. The summed E-state index contributed by atoms with van der Waals surface area (Å²) in [5.41, 5.74) is 8.73. The number of nitrogens with two attached hydrogens (primary N) is 1. The first-order chi connectivity index (χ1) is 8.33. The van der Waals surface area contributed by atoms with Gasteiger partial charge >= 0.3 is 0 Å². The normalized spacial score (nSPS) is 29.2.